The molecule has 0 radical (unpaired) electrons. The van der Waals surface area contributed by atoms with Gasteiger partial charge >= 0.3 is 0 Å². The fourth-order valence-corrected chi connectivity index (χ4v) is 1.66. The molecule has 0 aromatic carbocycles. The second-order valence-electron chi connectivity index (χ2n) is 3.91. The standard InChI is InChI=1S/C9H18N2O/c1-7(2)9-4-5-11(6-9)10-8(3)12/h7,9H,4-6H2,1-3H3,(H,10,12). The Bertz CT molecular complexity index is 168. The van der Waals surface area contributed by atoms with Gasteiger partial charge in [0.1, 0.15) is 0 Å². The number of rotatable bonds is 2. The lowest BCUT2D eigenvalue weighted by molar-refractivity contribution is -0.123. The summed E-state index contributed by atoms with van der Waals surface area (Å²) in [5, 5.41) is 2.02. The Hall–Kier alpha value is -0.570. The van der Waals surface area contributed by atoms with Gasteiger partial charge in [-0.1, -0.05) is 13.8 Å². The summed E-state index contributed by atoms with van der Waals surface area (Å²) in [5.41, 5.74) is 2.82. The zero-order valence-corrected chi connectivity index (χ0v) is 8.13. The molecule has 1 rings (SSSR count). The second kappa shape index (κ2) is 3.90. The highest BCUT2D eigenvalue weighted by atomic mass is 16.2. The van der Waals surface area contributed by atoms with Crippen molar-refractivity contribution in [2.75, 3.05) is 13.1 Å². The minimum Gasteiger partial charge on any atom is -0.289 e. The van der Waals surface area contributed by atoms with Crippen molar-refractivity contribution in [2.45, 2.75) is 27.2 Å². The van der Waals surface area contributed by atoms with Gasteiger partial charge in [0.25, 0.3) is 0 Å². The zero-order chi connectivity index (χ0) is 9.14. The topological polar surface area (TPSA) is 32.3 Å². The predicted octanol–water partition coefficient (Wildman–Crippen LogP) is 1.02. The first kappa shape index (κ1) is 9.52. The quantitative estimate of drug-likeness (QED) is 0.671. The summed E-state index contributed by atoms with van der Waals surface area (Å²) in [5.74, 6) is 1.51. The normalized spacial score (nSPS) is 24.8. The van der Waals surface area contributed by atoms with E-state index in [1.807, 2.05) is 5.01 Å². The van der Waals surface area contributed by atoms with E-state index in [0.717, 1.165) is 24.9 Å². The number of nitrogens with zero attached hydrogens (tertiary/aromatic N) is 1. The van der Waals surface area contributed by atoms with E-state index in [4.69, 9.17) is 0 Å². The van der Waals surface area contributed by atoms with Crippen molar-refractivity contribution < 1.29 is 4.79 Å². The molecule has 1 fully saturated rings. The van der Waals surface area contributed by atoms with Gasteiger partial charge in [0, 0.05) is 20.0 Å². The molecule has 0 aliphatic carbocycles. The van der Waals surface area contributed by atoms with Crippen molar-refractivity contribution in [1.82, 2.24) is 10.4 Å². The Kier molecular flexibility index (Phi) is 3.09. The monoisotopic (exact) mass is 170 g/mol. The van der Waals surface area contributed by atoms with Crippen LogP contribution in [0, 0.1) is 11.8 Å². The zero-order valence-electron chi connectivity index (χ0n) is 8.13. The molecule has 3 nitrogen and oxygen atoms in total. The van der Waals surface area contributed by atoms with E-state index in [1.54, 1.807) is 6.92 Å². The van der Waals surface area contributed by atoms with Gasteiger partial charge in [0.15, 0.2) is 0 Å². The molecule has 70 valence electrons. The summed E-state index contributed by atoms with van der Waals surface area (Å²) in [6.07, 6.45) is 1.21. The van der Waals surface area contributed by atoms with Crippen LogP contribution in [0.1, 0.15) is 27.2 Å². The van der Waals surface area contributed by atoms with Gasteiger partial charge in [-0.25, -0.2) is 5.01 Å². The van der Waals surface area contributed by atoms with Crippen molar-refractivity contribution in [3.8, 4) is 0 Å². The number of nitrogens with one attached hydrogen (secondary N) is 1. The van der Waals surface area contributed by atoms with Gasteiger partial charge in [-0.05, 0) is 18.3 Å². The van der Waals surface area contributed by atoms with Crippen LogP contribution in [0.2, 0.25) is 0 Å². The van der Waals surface area contributed by atoms with Crippen LogP contribution in [0.5, 0.6) is 0 Å². The molecule has 1 saturated heterocycles. The number of amides is 1. The molecule has 1 unspecified atom stereocenters. The Morgan fingerprint density at radius 2 is 2.25 bits per heavy atom. The fraction of sp³-hybridized carbons (Fsp3) is 0.889. The van der Waals surface area contributed by atoms with Crippen LogP contribution in [-0.2, 0) is 4.79 Å². The Morgan fingerprint density at radius 3 is 2.67 bits per heavy atom. The minimum absolute atomic E-state index is 0.0411. The number of hydrogen-bond donors (Lipinski definition) is 1. The Balaban J connectivity index is 2.30. The maximum absolute atomic E-state index is 10.7. The van der Waals surface area contributed by atoms with E-state index < -0.39 is 0 Å². The molecule has 0 aromatic heterocycles. The van der Waals surface area contributed by atoms with Crippen LogP contribution in [0.15, 0.2) is 0 Å². The van der Waals surface area contributed by atoms with Crippen molar-refractivity contribution in [2.24, 2.45) is 11.8 Å². The van der Waals surface area contributed by atoms with Crippen LogP contribution < -0.4 is 5.43 Å². The summed E-state index contributed by atoms with van der Waals surface area (Å²) in [6.45, 7) is 8.05. The number of carbonyl (C=O) groups is 1. The molecule has 0 bridgehead atoms. The molecular weight excluding hydrogens is 152 g/mol. The molecule has 0 spiro atoms. The number of carbonyl (C=O) groups excluding carboxylic acids is 1. The van der Waals surface area contributed by atoms with Crippen LogP contribution in [-0.4, -0.2) is 24.0 Å². The van der Waals surface area contributed by atoms with E-state index in [0.29, 0.717) is 0 Å². The van der Waals surface area contributed by atoms with Gasteiger partial charge in [-0.2, -0.15) is 0 Å². The average Bonchev–Trinajstić information content (AvgIpc) is 2.34. The molecular formula is C9H18N2O. The molecule has 1 N–H and O–H groups in total. The average molecular weight is 170 g/mol. The van der Waals surface area contributed by atoms with Gasteiger partial charge in [0.2, 0.25) is 5.91 Å². The summed E-state index contributed by atoms with van der Waals surface area (Å²) in [6, 6.07) is 0. The number of hydrogen-bond acceptors (Lipinski definition) is 2. The summed E-state index contributed by atoms with van der Waals surface area (Å²) in [4.78, 5) is 10.7. The lowest BCUT2D eigenvalue weighted by atomic mass is 9.96. The summed E-state index contributed by atoms with van der Waals surface area (Å²) < 4.78 is 0. The van der Waals surface area contributed by atoms with E-state index in [-0.39, 0.29) is 5.91 Å². The van der Waals surface area contributed by atoms with Crippen LogP contribution >= 0.6 is 0 Å². The lowest BCUT2D eigenvalue weighted by Crippen LogP contribution is -2.39. The van der Waals surface area contributed by atoms with Crippen molar-refractivity contribution >= 4 is 5.91 Å². The first-order chi connectivity index (χ1) is 5.59. The predicted molar refractivity (Wildman–Crippen MR) is 48.3 cm³/mol. The molecule has 1 aliphatic rings. The molecule has 1 heterocycles. The molecule has 12 heavy (non-hydrogen) atoms. The highest BCUT2D eigenvalue weighted by Crippen LogP contribution is 2.21. The summed E-state index contributed by atoms with van der Waals surface area (Å²) >= 11 is 0. The molecule has 1 amide bonds. The Morgan fingerprint density at radius 1 is 1.58 bits per heavy atom. The molecule has 3 heteroatoms. The van der Waals surface area contributed by atoms with Crippen molar-refractivity contribution in [3.05, 3.63) is 0 Å². The smallest absolute Gasteiger partial charge is 0.231 e. The maximum atomic E-state index is 10.7. The van der Waals surface area contributed by atoms with E-state index in [1.165, 1.54) is 6.42 Å². The molecule has 1 atom stereocenters. The van der Waals surface area contributed by atoms with Gasteiger partial charge in [-0.15, -0.1) is 0 Å². The SMILES string of the molecule is CC(=O)NN1CCC(C(C)C)C1. The van der Waals surface area contributed by atoms with E-state index >= 15 is 0 Å². The third-order valence-electron chi connectivity index (χ3n) is 2.48. The van der Waals surface area contributed by atoms with Gasteiger partial charge in [0.05, 0.1) is 0 Å². The van der Waals surface area contributed by atoms with Crippen LogP contribution in [0.3, 0.4) is 0 Å². The fourth-order valence-electron chi connectivity index (χ4n) is 1.66. The van der Waals surface area contributed by atoms with Gasteiger partial charge < -0.3 is 0 Å². The van der Waals surface area contributed by atoms with Crippen LogP contribution in [0.25, 0.3) is 0 Å². The van der Waals surface area contributed by atoms with Crippen LogP contribution in [0.4, 0.5) is 0 Å². The molecule has 1 aliphatic heterocycles. The highest BCUT2D eigenvalue weighted by molar-refractivity contribution is 5.72. The van der Waals surface area contributed by atoms with Crippen molar-refractivity contribution in [1.29, 1.82) is 0 Å². The van der Waals surface area contributed by atoms with E-state index in [9.17, 15) is 4.79 Å². The first-order valence-corrected chi connectivity index (χ1v) is 4.61. The minimum atomic E-state index is 0.0411. The highest BCUT2D eigenvalue weighted by Gasteiger charge is 2.24. The summed E-state index contributed by atoms with van der Waals surface area (Å²) in [7, 11) is 0. The Labute approximate surface area is 74.1 Å². The largest absolute Gasteiger partial charge is 0.289 e. The van der Waals surface area contributed by atoms with Gasteiger partial charge in [-0.3, -0.25) is 10.2 Å². The lowest BCUT2D eigenvalue weighted by Gasteiger charge is -2.17. The third-order valence-corrected chi connectivity index (χ3v) is 2.48. The third kappa shape index (κ3) is 2.48. The first-order valence-electron chi connectivity index (χ1n) is 4.61. The molecule has 0 saturated carbocycles. The maximum Gasteiger partial charge on any atom is 0.231 e. The van der Waals surface area contributed by atoms with Crippen molar-refractivity contribution in [3.63, 3.8) is 0 Å². The number of hydrazine groups is 1. The molecule has 0 aromatic rings. The second-order valence-corrected chi connectivity index (χ2v) is 3.91. The van der Waals surface area contributed by atoms with E-state index in [2.05, 4.69) is 19.3 Å².